The van der Waals surface area contributed by atoms with Crippen molar-refractivity contribution in [3.05, 3.63) is 102 Å². The lowest BCUT2D eigenvalue weighted by Crippen LogP contribution is -2.45. The van der Waals surface area contributed by atoms with Crippen LogP contribution in [-0.4, -0.2) is 32.0 Å². The first-order valence-electron chi connectivity index (χ1n) is 12.8. The normalized spacial score (nSPS) is 12.5. The summed E-state index contributed by atoms with van der Waals surface area (Å²) in [6.07, 6.45) is 0.178. The van der Waals surface area contributed by atoms with Crippen LogP contribution in [0, 0.1) is 6.92 Å². The Hall–Kier alpha value is -4.14. The van der Waals surface area contributed by atoms with Gasteiger partial charge in [0.1, 0.15) is 16.7 Å². The van der Waals surface area contributed by atoms with Gasteiger partial charge >= 0.3 is 0 Å². The maximum Gasteiger partial charge on any atom is 0.245 e. The van der Waals surface area contributed by atoms with Gasteiger partial charge in [-0.2, -0.15) is 4.72 Å². The summed E-state index contributed by atoms with van der Waals surface area (Å²) < 4.78 is 37.2. The number of sulfonamides is 1. The van der Waals surface area contributed by atoms with Gasteiger partial charge in [0.2, 0.25) is 15.9 Å². The minimum atomic E-state index is -4.08. The van der Waals surface area contributed by atoms with Crippen molar-refractivity contribution >= 4 is 43.4 Å². The quantitative estimate of drug-likeness (QED) is 0.252. The number of methoxy groups -OCH3 is 1. The molecule has 0 aliphatic rings. The molecule has 0 fully saturated rings. The van der Waals surface area contributed by atoms with Gasteiger partial charge in [-0.05, 0) is 67.8 Å². The third-order valence-corrected chi connectivity index (χ3v) is 8.35. The molecule has 0 radical (unpaired) electrons. The molecule has 200 valence electrons. The Balaban J connectivity index is 1.49. The van der Waals surface area contributed by atoms with Crippen molar-refractivity contribution in [3.8, 4) is 5.75 Å². The number of nitrogens with zero attached hydrogens (tertiary/aromatic N) is 1. The van der Waals surface area contributed by atoms with E-state index in [0.29, 0.717) is 5.69 Å². The summed E-state index contributed by atoms with van der Waals surface area (Å²) >= 11 is 0. The van der Waals surface area contributed by atoms with Crippen molar-refractivity contribution in [2.75, 3.05) is 12.4 Å². The van der Waals surface area contributed by atoms with Crippen LogP contribution in [-0.2, 0) is 27.8 Å². The number of benzene rings is 4. The minimum Gasteiger partial charge on any atom is -0.495 e. The van der Waals surface area contributed by atoms with Crippen LogP contribution in [0.1, 0.15) is 18.1 Å². The fraction of sp³-hybridized carbons (Fsp3) is 0.194. The molecular formula is C31H31N3O4S. The molecule has 0 saturated carbocycles. The van der Waals surface area contributed by atoms with Gasteiger partial charge in [-0.1, -0.05) is 54.6 Å². The number of ether oxygens (including phenoxy) is 1. The molecule has 2 N–H and O–H groups in total. The molecule has 0 bridgehead atoms. The van der Waals surface area contributed by atoms with Gasteiger partial charge in [-0.15, -0.1) is 0 Å². The van der Waals surface area contributed by atoms with Crippen LogP contribution < -0.4 is 14.8 Å². The molecule has 0 spiro atoms. The first kappa shape index (κ1) is 26.5. The molecule has 1 aromatic heterocycles. The van der Waals surface area contributed by atoms with Gasteiger partial charge in [0.05, 0.1) is 7.11 Å². The number of hydrogen-bond donors (Lipinski definition) is 2. The van der Waals surface area contributed by atoms with E-state index in [9.17, 15) is 13.2 Å². The van der Waals surface area contributed by atoms with Crippen molar-refractivity contribution in [1.29, 1.82) is 0 Å². The molecule has 8 heteroatoms. The van der Waals surface area contributed by atoms with Crippen molar-refractivity contribution in [2.45, 2.75) is 37.8 Å². The van der Waals surface area contributed by atoms with E-state index < -0.39 is 22.0 Å². The molecule has 0 aliphatic carbocycles. The molecule has 5 rings (SSSR count). The number of rotatable bonds is 9. The Kier molecular flexibility index (Phi) is 7.41. The van der Waals surface area contributed by atoms with Gasteiger partial charge < -0.3 is 14.6 Å². The van der Waals surface area contributed by atoms with Crippen LogP contribution in [0.2, 0.25) is 0 Å². The van der Waals surface area contributed by atoms with E-state index in [1.807, 2.05) is 60.7 Å². The number of nitrogens with one attached hydrogen (secondary N) is 2. The summed E-state index contributed by atoms with van der Waals surface area (Å²) in [4.78, 5) is 13.6. The number of aromatic nitrogens is 1. The molecule has 1 atom stereocenters. The minimum absolute atomic E-state index is 0.00958. The fourth-order valence-electron chi connectivity index (χ4n) is 4.98. The van der Waals surface area contributed by atoms with E-state index >= 15 is 0 Å². The van der Waals surface area contributed by atoms with Crippen LogP contribution in [0.4, 0.5) is 5.69 Å². The summed E-state index contributed by atoms with van der Waals surface area (Å²) in [5.41, 5.74) is 4.39. The van der Waals surface area contributed by atoms with Crippen LogP contribution >= 0.6 is 0 Å². The molecular weight excluding hydrogens is 510 g/mol. The van der Waals surface area contributed by atoms with Gasteiger partial charge in [0.15, 0.2) is 0 Å². The van der Waals surface area contributed by atoms with E-state index in [2.05, 4.69) is 33.7 Å². The molecule has 4 aromatic carbocycles. The Morgan fingerprint density at radius 3 is 2.36 bits per heavy atom. The number of fused-ring (bicyclic) bond motifs is 3. The molecule has 1 heterocycles. The van der Waals surface area contributed by atoms with Crippen LogP contribution in [0.3, 0.4) is 0 Å². The zero-order valence-corrected chi connectivity index (χ0v) is 23.0. The lowest BCUT2D eigenvalue weighted by Gasteiger charge is -2.20. The molecule has 39 heavy (non-hydrogen) atoms. The smallest absolute Gasteiger partial charge is 0.245 e. The van der Waals surface area contributed by atoms with Crippen molar-refractivity contribution in [1.82, 2.24) is 9.29 Å². The Morgan fingerprint density at radius 1 is 0.897 bits per heavy atom. The van der Waals surface area contributed by atoms with Crippen LogP contribution in [0.15, 0.2) is 95.9 Å². The number of carbonyl (C=O) groups is 1. The van der Waals surface area contributed by atoms with Crippen molar-refractivity contribution in [3.63, 3.8) is 0 Å². The van der Waals surface area contributed by atoms with Gasteiger partial charge in [0, 0.05) is 34.0 Å². The summed E-state index contributed by atoms with van der Waals surface area (Å²) in [5, 5.41) is 5.07. The van der Waals surface area contributed by atoms with Gasteiger partial charge in [-0.25, -0.2) is 8.42 Å². The van der Waals surface area contributed by atoms with E-state index in [1.54, 1.807) is 19.1 Å². The highest BCUT2D eigenvalue weighted by atomic mass is 32.2. The first-order valence-corrected chi connectivity index (χ1v) is 14.3. The highest BCUT2D eigenvalue weighted by Crippen LogP contribution is 2.31. The van der Waals surface area contributed by atoms with Crippen LogP contribution in [0.25, 0.3) is 21.8 Å². The van der Waals surface area contributed by atoms with E-state index in [-0.39, 0.29) is 17.1 Å². The summed E-state index contributed by atoms with van der Waals surface area (Å²) in [7, 11) is -2.66. The van der Waals surface area contributed by atoms with Crippen LogP contribution in [0.5, 0.6) is 5.75 Å². The van der Waals surface area contributed by atoms with E-state index in [1.165, 1.54) is 13.2 Å². The van der Waals surface area contributed by atoms with Gasteiger partial charge in [0.25, 0.3) is 0 Å². The third-order valence-electron chi connectivity index (χ3n) is 6.86. The lowest BCUT2D eigenvalue weighted by atomic mass is 10.1. The summed E-state index contributed by atoms with van der Waals surface area (Å²) in [6.45, 7) is 4.72. The fourth-order valence-corrected chi connectivity index (χ4v) is 6.43. The highest BCUT2D eigenvalue weighted by molar-refractivity contribution is 7.89. The molecule has 0 unspecified atom stereocenters. The SMILES string of the molecule is CCn1c2ccccc2c2cc(NC(=O)[C@@H](Cc3ccccc3)NS(=O)(=O)c3cc(C)ccc3OC)ccc21. The average molecular weight is 542 g/mol. The monoisotopic (exact) mass is 541 g/mol. The number of anilines is 1. The number of aryl methyl sites for hydroxylation is 2. The second-order valence-electron chi connectivity index (χ2n) is 9.50. The van der Waals surface area contributed by atoms with Gasteiger partial charge in [-0.3, -0.25) is 4.79 Å². The molecule has 0 saturated heterocycles. The number of hydrogen-bond acceptors (Lipinski definition) is 4. The topological polar surface area (TPSA) is 89.4 Å². The zero-order valence-electron chi connectivity index (χ0n) is 22.1. The summed E-state index contributed by atoms with van der Waals surface area (Å²) in [6, 6.07) is 27.1. The molecule has 5 aromatic rings. The zero-order chi connectivity index (χ0) is 27.6. The standard InChI is InChI=1S/C31H31N3O4S/c1-4-34-27-13-9-8-12-24(27)25-20-23(15-16-28(25)34)32-31(35)26(19-22-10-6-5-7-11-22)33-39(36,37)30-18-21(2)14-17-29(30)38-3/h5-18,20,26,33H,4,19H2,1-3H3,(H,32,35)/t26-/m1/s1. The Bertz CT molecular complexity index is 1760. The molecule has 0 aliphatic heterocycles. The molecule has 7 nitrogen and oxygen atoms in total. The highest BCUT2D eigenvalue weighted by Gasteiger charge is 2.28. The Morgan fingerprint density at radius 2 is 1.62 bits per heavy atom. The Labute approximate surface area is 228 Å². The number of para-hydroxylation sites is 1. The predicted octanol–water partition coefficient (Wildman–Crippen LogP) is 5.66. The average Bonchev–Trinajstić information content (AvgIpc) is 3.26. The number of carbonyl (C=O) groups excluding carboxylic acids is 1. The largest absolute Gasteiger partial charge is 0.495 e. The van der Waals surface area contributed by atoms with E-state index in [0.717, 1.165) is 39.5 Å². The van der Waals surface area contributed by atoms with E-state index in [4.69, 9.17) is 4.74 Å². The summed E-state index contributed by atoms with van der Waals surface area (Å²) in [5.74, 6) is -0.239. The second kappa shape index (κ2) is 10.9. The third kappa shape index (κ3) is 5.39. The maximum atomic E-state index is 13.6. The number of amides is 1. The molecule has 1 amide bonds. The lowest BCUT2D eigenvalue weighted by molar-refractivity contribution is -0.117. The first-order chi connectivity index (χ1) is 18.8. The predicted molar refractivity (Wildman–Crippen MR) is 156 cm³/mol. The van der Waals surface area contributed by atoms with Crippen molar-refractivity contribution < 1.29 is 17.9 Å². The maximum absolute atomic E-state index is 13.6. The second-order valence-corrected chi connectivity index (χ2v) is 11.2. The van der Waals surface area contributed by atoms with Crippen molar-refractivity contribution in [2.24, 2.45) is 0 Å².